The Morgan fingerprint density at radius 2 is 2.29 bits per heavy atom. The minimum Gasteiger partial charge on any atom is -0.444 e. The molecular formula is C16H27N3O2. The summed E-state index contributed by atoms with van der Waals surface area (Å²) >= 11 is 0. The van der Waals surface area contributed by atoms with Crippen molar-refractivity contribution in [2.24, 2.45) is 4.99 Å². The lowest BCUT2D eigenvalue weighted by atomic mass is 10.2. The molecule has 1 N–H and O–H groups in total. The van der Waals surface area contributed by atoms with Crippen molar-refractivity contribution in [3.63, 3.8) is 0 Å². The molecule has 0 radical (unpaired) electrons. The van der Waals surface area contributed by atoms with Gasteiger partial charge >= 0.3 is 6.09 Å². The molecule has 1 heterocycles. The molecule has 0 spiro atoms. The number of aliphatic imine (C=N–C) groups is 1. The summed E-state index contributed by atoms with van der Waals surface area (Å²) in [5.74, 6) is 0.894. The van der Waals surface area contributed by atoms with Crippen LogP contribution >= 0.6 is 0 Å². The highest BCUT2D eigenvalue weighted by Gasteiger charge is 2.24. The maximum atomic E-state index is 12.1. The second-order valence-electron chi connectivity index (χ2n) is 6.66. The van der Waals surface area contributed by atoms with Gasteiger partial charge in [0.25, 0.3) is 0 Å². The first-order valence-electron chi connectivity index (χ1n) is 7.87. The molecule has 1 aliphatic heterocycles. The van der Waals surface area contributed by atoms with Gasteiger partial charge in [0.2, 0.25) is 0 Å². The molecule has 0 bridgehead atoms. The van der Waals surface area contributed by atoms with E-state index in [4.69, 9.17) is 4.74 Å². The molecule has 2 aliphatic rings. The first-order valence-corrected chi connectivity index (χ1v) is 7.87. The van der Waals surface area contributed by atoms with Gasteiger partial charge in [-0.3, -0.25) is 9.89 Å². The molecule has 5 nitrogen and oxygen atoms in total. The standard InChI is InChI=1S/C16H27N3O2/c1-16(2,3)21-15(20)19-11-10-18-14(12-19)17-9-8-13-6-4-5-7-13/h6H,4-5,7-12H2,1-3H3,(H,17,18). The van der Waals surface area contributed by atoms with Gasteiger partial charge in [-0.1, -0.05) is 11.6 Å². The lowest BCUT2D eigenvalue weighted by Gasteiger charge is -2.30. The van der Waals surface area contributed by atoms with E-state index < -0.39 is 5.60 Å². The van der Waals surface area contributed by atoms with E-state index in [1.165, 1.54) is 19.3 Å². The van der Waals surface area contributed by atoms with Crippen LogP contribution in [0.15, 0.2) is 16.6 Å². The van der Waals surface area contributed by atoms with Crippen LogP contribution < -0.4 is 5.32 Å². The number of carbonyl (C=O) groups is 1. The fourth-order valence-corrected chi connectivity index (χ4v) is 2.54. The van der Waals surface area contributed by atoms with E-state index in [0.29, 0.717) is 19.6 Å². The highest BCUT2D eigenvalue weighted by atomic mass is 16.6. The van der Waals surface area contributed by atoms with Gasteiger partial charge in [-0.15, -0.1) is 0 Å². The molecule has 0 aromatic carbocycles. The summed E-state index contributed by atoms with van der Waals surface area (Å²) in [6.45, 7) is 8.35. The van der Waals surface area contributed by atoms with E-state index in [1.807, 2.05) is 20.8 Å². The fourth-order valence-electron chi connectivity index (χ4n) is 2.54. The molecule has 0 saturated carbocycles. The quantitative estimate of drug-likeness (QED) is 0.814. The van der Waals surface area contributed by atoms with Crippen molar-refractivity contribution in [1.82, 2.24) is 10.2 Å². The molecule has 1 aliphatic carbocycles. The van der Waals surface area contributed by atoms with Crippen molar-refractivity contribution in [3.05, 3.63) is 11.6 Å². The molecule has 0 atom stereocenters. The van der Waals surface area contributed by atoms with Crippen molar-refractivity contribution < 1.29 is 9.53 Å². The number of ether oxygens (including phenoxy) is 1. The monoisotopic (exact) mass is 293 g/mol. The largest absolute Gasteiger partial charge is 0.444 e. The lowest BCUT2D eigenvalue weighted by molar-refractivity contribution is 0.0276. The molecule has 0 unspecified atom stereocenters. The summed E-state index contributed by atoms with van der Waals surface area (Å²) in [5, 5.41) is 3.36. The minimum absolute atomic E-state index is 0.254. The Bertz CT molecular complexity index is 435. The Morgan fingerprint density at radius 3 is 2.95 bits per heavy atom. The number of nitrogens with zero attached hydrogens (tertiary/aromatic N) is 2. The van der Waals surface area contributed by atoms with Gasteiger partial charge in [-0.05, 0) is 46.5 Å². The number of amidine groups is 1. The SMILES string of the molecule is CC(C)(C)OC(=O)N1CCN=C(NCCC2=CCCC2)C1. The average molecular weight is 293 g/mol. The zero-order valence-electron chi connectivity index (χ0n) is 13.4. The highest BCUT2D eigenvalue weighted by molar-refractivity contribution is 5.87. The molecule has 0 aromatic heterocycles. The van der Waals surface area contributed by atoms with Crippen LogP contribution in [0.4, 0.5) is 4.79 Å². The van der Waals surface area contributed by atoms with Crippen molar-refractivity contribution >= 4 is 11.9 Å². The molecule has 1 amide bonds. The van der Waals surface area contributed by atoms with Gasteiger partial charge in [0.05, 0.1) is 13.1 Å². The first-order chi connectivity index (χ1) is 9.94. The van der Waals surface area contributed by atoms with Crippen LogP contribution in [-0.2, 0) is 4.74 Å². The Hall–Kier alpha value is -1.52. The summed E-state index contributed by atoms with van der Waals surface area (Å²) in [6, 6.07) is 0. The van der Waals surface area contributed by atoms with Crippen molar-refractivity contribution in [3.8, 4) is 0 Å². The van der Waals surface area contributed by atoms with Crippen LogP contribution in [0.1, 0.15) is 46.5 Å². The minimum atomic E-state index is -0.450. The molecule has 0 saturated heterocycles. The first kappa shape index (κ1) is 15.9. The summed E-state index contributed by atoms with van der Waals surface area (Å²) in [7, 11) is 0. The van der Waals surface area contributed by atoms with E-state index in [-0.39, 0.29) is 6.09 Å². The Kier molecular flexibility index (Phi) is 5.26. The molecular weight excluding hydrogens is 266 g/mol. The number of allylic oxidation sites excluding steroid dienone is 1. The maximum absolute atomic E-state index is 12.1. The van der Waals surface area contributed by atoms with Crippen LogP contribution in [0.2, 0.25) is 0 Å². The van der Waals surface area contributed by atoms with E-state index in [9.17, 15) is 4.79 Å². The lowest BCUT2D eigenvalue weighted by Crippen LogP contribution is -2.47. The Labute approximate surface area is 127 Å². The smallest absolute Gasteiger partial charge is 0.410 e. The van der Waals surface area contributed by atoms with Crippen LogP contribution in [-0.4, -0.2) is 48.6 Å². The van der Waals surface area contributed by atoms with Gasteiger partial charge in [0.1, 0.15) is 11.4 Å². The van der Waals surface area contributed by atoms with Gasteiger partial charge in [-0.2, -0.15) is 0 Å². The third-order valence-corrected chi connectivity index (χ3v) is 3.58. The van der Waals surface area contributed by atoms with Crippen LogP contribution in [0.25, 0.3) is 0 Å². The molecule has 2 rings (SSSR count). The topological polar surface area (TPSA) is 53.9 Å². The van der Waals surface area contributed by atoms with Gasteiger partial charge < -0.3 is 10.1 Å². The van der Waals surface area contributed by atoms with E-state index in [2.05, 4.69) is 16.4 Å². The zero-order valence-corrected chi connectivity index (χ0v) is 13.4. The predicted octanol–water partition coefficient (Wildman–Crippen LogP) is 2.73. The average Bonchev–Trinajstić information content (AvgIpc) is 2.90. The number of nitrogens with one attached hydrogen (secondary N) is 1. The van der Waals surface area contributed by atoms with Crippen molar-refractivity contribution in [2.45, 2.75) is 52.1 Å². The number of rotatable bonds is 3. The number of amides is 1. The maximum Gasteiger partial charge on any atom is 0.410 e. The van der Waals surface area contributed by atoms with Crippen LogP contribution in [0.5, 0.6) is 0 Å². The zero-order chi connectivity index (χ0) is 15.3. The second-order valence-corrected chi connectivity index (χ2v) is 6.66. The molecule has 5 heteroatoms. The van der Waals surface area contributed by atoms with Crippen LogP contribution in [0, 0.1) is 0 Å². The molecule has 0 aromatic rings. The van der Waals surface area contributed by atoms with Crippen molar-refractivity contribution in [2.75, 3.05) is 26.2 Å². The molecule has 21 heavy (non-hydrogen) atoms. The highest BCUT2D eigenvalue weighted by Crippen LogP contribution is 2.19. The number of hydrogen-bond donors (Lipinski definition) is 1. The number of carbonyl (C=O) groups excluding carboxylic acids is 1. The second kappa shape index (κ2) is 6.96. The normalized spacial score (nSPS) is 19.1. The van der Waals surface area contributed by atoms with Crippen LogP contribution in [0.3, 0.4) is 0 Å². The third-order valence-electron chi connectivity index (χ3n) is 3.58. The Balaban J connectivity index is 1.74. The van der Waals surface area contributed by atoms with Gasteiger partial charge in [-0.25, -0.2) is 4.79 Å². The fraction of sp³-hybridized carbons (Fsp3) is 0.750. The molecule has 118 valence electrons. The van der Waals surface area contributed by atoms with E-state index >= 15 is 0 Å². The van der Waals surface area contributed by atoms with Crippen molar-refractivity contribution in [1.29, 1.82) is 0 Å². The number of hydrogen-bond acceptors (Lipinski definition) is 4. The third kappa shape index (κ3) is 5.40. The van der Waals surface area contributed by atoms with E-state index in [1.54, 1.807) is 10.5 Å². The van der Waals surface area contributed by atoms with E-state index in [0.717, 1.165) is 18.8 Å². The summed E-state index contributed by atoms with van der Waals surface area (Å²) in [4.78, 5) is 18.2. The molecule has 0 fully saturated rings. The van der Waals surface area contributed by atoms with Gasteiger partial charge in [0, 0.05) is 13.1 Å². The summed E-state index contributed by atoms with van der Waals surface area (Å²) < 4.78 is 5.41. The predicted molar refractivity (Wildman–Crippen MR) is 84.7 cm³/mol. The summed E-state index contributed by atoms with van der Waals surface area (Å²) in [6.07, 6.45) is 6.92. The Morgan fingerprint density at radius 1 is 1.48 bits per heavy atom. The summed E-state index contributed by atoms with van der Waals surface area (Å²) in [5.41, 5.74) is 1.09. The van der Waals surface area contributed by atoms with Gasteiger partial charge in [0.15, 0.2) is 0 Å².